The lowest BCUT2D eigenvalue weighted by molar-refractivity contribution is -0.167. The lowest BCUT2D eigenvalue weighted by Gasteiger charge is -2.18. The average molecular weight is 1000 g/mol. The van der Waals surface area contributed by atoms with Crippen molar-refractivity contribution in [2.24, 2.45) is 11.8 Å². The van der Waals surface area contributed by atoms with E-state index in [-0.39, 0.29) is 31.1 Å². The highest BCUT2D eigenvalue weighted by Gasteiger charge is 2.19. The Morgan fingerprint density at radius 2 is 0.535 bits per heavy atom. The number of rotatable bonds is 59. The van der Waals surface area contributed by atoms with Gasteiger partial charge in [0, 0.05) is 19.3 Å². The summed E-state index contributed by atoms with van der Waals surface area (Å²) in [4.78, 5) is 38.3. The molecule has 0 aromatic rings. The zero-order valence-electron chi connectivity index (χ0n) is 48.9. The van der Waals surface area contributed by atoms with E-state index in [0.717, 1.165) is 69.6 Å². The minimum atomic E-state index is -0.763. The van der Waals surface area contributed by atoms with E-state index in [2.05, 4.69) is 34.6 Å². The Bertz CT molecular complexity index is 1090. The zero-order valence-corrected chi connectivity index (χ0v) is 48.9. The van der Waals surface area contributed by atoms with Gasteiger partial charge in [0.2, 0.25) is 0 Å². The molecule has 0 N–H and O–H groups in total. The Labute approximate surface area is 444 Å². The Balaban J connectivity index is 4.25. The largest absolute Gasteiger partial charge is 0.462 e. The Morgan fingerprint density at radius 3 is 0.803 bits per heavy atom. The van der Waals surface area contributed by atoms with Crippen LogP contribution in [0.5, 0.6) is 0 Å². The van der Waals surface area contributed by atoms with Crippen molar-refractivity contribution in [2.45, 2.75) is 375 Å². The molecule has 0 rings (SSSR count). The summed E-state index contributed by atoms with van der Waals surface area (Å²) in [5.41, 5.74) is 0. The van der Waals surface area contributed by atoms with Crippen molar-refractivity contribution < 1.29 is 28.6 Å². The van der Waals surface area contributed by atoms with Crippen molar-refractivity contribution in [3.63, 3.8) is 0 Å². The first-order valence-electron chi connectivity index (χ1n) is 32.3. The summed E-state index contributed by atoms with van der Waals surface area (Å²) in [6.45, 7) is 11.5. The topological polar surface area (TPSA) is 78.9 Å². The number of hydrogen-bond donors (Lipinski definition) is 0. The van der Waals surface area contributed by atoms with Crippen LogP contribution in [0.15, 0.2) is 0 Å². The summed E-state index contributed by atoms with van der Waals surface area (Å²) in [5.74, 6) is 0.913. The van der Waals surface area contributed by atoms with Crippen molar-refractivity contribution in [1.82, 2.24) is 0 Å². The summed E-state index contributed by atoms with van der Waals surface area (Å²) < 4.78 is 17.0. The zero-order chi connectivity index (χ0) is 51.8. The van der Waals surface area contributed by atoms with E-state index in [1.165, 1.54) is 257 Å². The molecule has 0 aliphatic rings. The van der Waals surface area contributed by atoms with Crippen molar-refractivity contribution in [3.8, 4) is 0 Å². The third kappa shape index (κ3) is 57.5. The fourth-order valence-corrected chi connectivity index (χ4v) is 10.1. The number of unbranched alkanes of at least 4 members (excludes halogenated alkanes) is 43. The number of ether oxygens (including phenoxy) is 3. The fraction of sp³-hybridized carbons (Fsp3) is 0.954. The molecule has 6 nitrogen and oxygen atoms in total. The molecule has 422 valence electrons. The summed E-state index contributed by atoms with van der Waals surface area (Å²) in [6, 6.07) is 0. The van der Waals surface area contributed by atoms with Gasteiger partial charge in [-0.1, -0.05) is 330 Å². The van der Waals surface area contributed by atoms with Gasteiger partial charge in [-0.05, 0) is 31.1 Å². The molecule has 0 amide bonds. The monoisotopic (exact) mass is 1000 g/mol. The van der Waals surface area contributed by atoms with Crippen LogP contribution in [0.3, 0.4) is 0 Å². The first-order chi connectivity index (χ1) is 34.8. The lowest BCUT2D eigenvalue weighted by atomic mass is 9.99. The molecule has 0 saturated heterocycles. The molecular formula is C65H126O6. The van der Waals surface area contributed by atoms with Crippen LogP contribution >= 0.6 is 0 Å². The van der Waals surface area contributed by atoms with Crippen LogP contribution in [0, 0.1) is 11.8 Å². The second kappa shape index (κ2) is 57.7. The van der Waals surface area contributed by atoms with Gasteiger partial charge >= 0.3 is 17.9 Å². The van der Waals surface area contributed by atoms with Crippen molar-refractivity contribution in [1.29, 1.82) is 0 Å². The van der Waals surface area contributed by atoms with Crippen LogP contribution in [-0.4, -0.2) is 37.2 Å². The SMILES string of the molecule is CCCCCCCCCCCCCCCCCCC(=O)O[C@H](COC(=O)CCCCCCCCCCCCCCCCCCCCC(C)CC)COC(=O)CCCCCCCCCCCCCCC(C)C. The molecule has 0 heterocycles. The Hall–Kier alpha value is -1.59. The standard InChI is InChI=1S/C65H126O6/c1-6-8-9-10-11-12-13-14-15-21-25-32-37-42-47-52-57-65(68)71-62(59-70-64(67)56-51-46-41-36-31-27-26-28-33-38-43-48-53-60(3)4)58-69-63(66)55-50-45-40-35-30-24-22-19-17-16-18-20-23-29-34-39-44-49-54-61(5)7-2/h60-62H,6-59H2,1-5H3/t61?,62-/m1/s1. The normalized spacial score (nSPS) is 12.4. The van der Waals surface area contributed by atoms with E-state index in [9.17, 15) is 14.4 Å². The van der Waals surface area contributed by atoms with Gasteiger partial charge in [0.15, 0.2) is 6.10 Å². The van der Waals surface area contributed by atoms with Gasteiger partial charge in [-0.15, -0.1) is 0 Å². The smallest absolute Gasteiger partial charge is 0.306 e. The molecule has 0 aliphatic carbocycles. The summed E-state index contributed by atoms with van der Waals surface area (Å²) in [5, 5.41) is 0. The van der Waals surface area contributed by atoms with E-state index >= 15 is 0 Å². The third-order valence-corrected chi connectivity index (χ3v) is 15.3. The minimum absolute atomic E-state index is 0.0618. The fourth-order valence-electron chi connectivity index (χ4n) is 10.1. The van der Waals surface area contributed by atoms with Crippen LogP contribution in [0.2, 0.25) is 0 Å². The van der Waals surface area contributed by atoms with Crippen molar-refractivity contribution in [2.75, 3.05) is 13.2 Å². The predicted octanol–water partition coefficient (Wildman–Crippen LogP) is 21.6. The highest BCUT2D eigenvalue weighted by Crippen LogP contribution is 2.19. The summed E-state index contributed by atoms with van der Waals surface area (Å²) in [7, 11) is 0. The van der Waals surface area contributed by atoms with Crippen LogP contribution < -0.4 is 0 Å². The highest BCUT2D eigenvalue weighted by atomic mass is 16.6. The molecule has 6 heteroatoms. The maximum Gasteiger partial charge on any atom is 0.306 e. The second-order valence-electron chi connectivity index (χ2n) is 23.1. The van der Waals surface area contributed by atoms with E-state index in [1.54, 1.807) is 0 Å². The van der Waals surface area contributed by atoms with Crippen LogP contribution in [-0.2, 0) is 28.6 Å². The van der Waals surface area contributed by atoms with E-state index < -0.39 is 6.10 Å². The molecule has 0 spiro atoms. The molecule has 71 heavy (non-hydrogen) atoms. The second-order valence-corrected chi connectivity index (χ2v) is 23.1. The molecule has 0 fully saturated rings. The first kappa shape index (κ1) is 69.4. The molecule has 0 saturated carbocycles. The van der Waals surface area contributed by atoms with Gasteiger partial charge < -0.3 is 14.2 Å². The molecule has 2 atom stereocenters. The summed E-state index contributed by atoms with van der Waals surface area (Å²) in [6.07, 6.45) is 63.8. The maximum absolute atomic E-state index is 12.9. The van der Waals surface area contributed by atoms with Crippen LogP contribution in [0.1, 0.15) is 369 Å². The van der Waals surface area contributed by atoms with Gasteiger partial charge in [-0.2, -0.15) is 0 Å². The molecule has 0 aromatic carbocycles. The highest BCUT2D eigenvalue weighted by molar-refractivity contribution is 5.71. The Kier molecular flexibility index (Phi) is 56.4. The quantitative estimate of drug-likeness (QED) is 0.0343. The molecular weight excluding hydrogens is 877 g/mol. The number of esters is 3. The molecule has 0 aromatic heterocycles. The van der Waals surface area contributed by atoms with E-state index in [1.807, 2.05) is 0 Å². The van der Waals surface area contributed by atoms with E-state index in [4.69, 9.17) is 14.2 Å². The summed E-state index contributed by atoms with van der Waals surface area (Å²) >= 11 is 0. The molecule has 0 radical (unpaired) electrons. The van der Waals surface area contributed by atoms with Crippen molar-refractivity contribution >= 4 is 17.9 Å². The first-order valence-corrected chi connectivity index (χ1v) is 32.3. The van der Waals surface area contributed by atoms with Crippen LogP contribution in [0.25, 0.3) is 0 Å². The number of carbonyl (C=O) groups excluding carboxylic acids is 3. The van der Waals surface area contributed by atoms with E-state index in [0.29, 0.717) is 19.3 Å². The van der Waals surface area contributed by atoms with Crippen LogP contribution in [0.4, 0.5) is 0 Å². The van der Waals surface area contributed by atoms with Gasteiger partial charge in [0.1, 0.15) is 13.2 Å². The Morgan fingerprint density at radius 1 is 0.296 bits per heavy atom. The van der Waals surface area contributed by atoms with Crippen molar-refractivity contribution in [3.05, 3.63) is 0 Å². The number of carbonyl (C=O) groups is 3. The lowest BCUT2D eigenvalue weighted by Crippen LogP contribution is -2.30. The third-order valence-electron chi connectivity index (χ3n) is 15.3. The predicted molar refractivity (Wildman–Crippen MR) is 307 cm³/mol. The van der Waals surface area contributed by atoms with Gasteiger partial charge in [0.25, 0.3) is 0 Å². The van der Waals surface area contributed by atoms with Gasteiger partial charge in [-0.3, -0.25) is 14.4 Å². The minimum Gasteiger partial charge on any atom is -0.462 e. The molecule has 0 aliphatic heterocycles. The molecule has 1 unspecified atom stereocenters. The molecule has 0 bridgehead atoms. The maximum atomic E-state index is 12.9. The number of hydrogen-bond acceptors (Lipinski definition) is 6. The van der Waals surface area contributed by atoms with Gasteiger partial charge in [-0.25, -0.2) is 0 Å². The average Bonchev–Trinajstić information content (AvgIpc) is 3.36. The van der Waals surface area contributed by atoms with Gasteiger partial charge in [0.05, 0.1) is 0 Å².